The van der Waals surface area contributed by atoms with Gasteiger partial charge in [-0.05, 0) is 52.0 Å². The van der Waals surface area contributed by atoms with E-state index in [-0.39, 0.29) is 5.97 Å². The predicted molar refractivity (Wildman–Crippen MR) is 87.1 cm³/mol. The first-order valence-electron chi connectivity index (χ1n) is 8.57. The van der Waals surface area contributed by atoms with Crippen molar-refractivity contribution in [3.8, 4) is 0 Å². The largest absolute Gasteiger partial charge is 0.465 e. The molecule has 1 atom stereocenters. The van der Waals surface area contributed by atoms with E-state index in [0.717, 1.165) is 25.6 Å². The molecule has 0 radical (unpaired) electrons. The van der Waals surface area contributed by atoms with Crippen LogP contribution in [0.1, 0.15) is 66.2 Å². The molecule has 0 saturated heterocycles. The van der Waals surface area contributed by atoms with Crippen molar-refractivity contribution >= 4 is 5.97 Å². The molecule has 4 heteroatoms. The van der Waals surface area contributed by atoms with E-state index in [2.05, 4.69) is 18.7 Å². The van der Waals surface area contributed by atoms with Gasteiger partial charge in [0.05, 0.1) is 6.61 Å². The summed E-state index contributed by atoms with van der Waals surface area (Å²) in [6.45, 7) is 10.7. The Morgan fingerprint density at radius 1 is 1.38 bits per heavy atom. The number of nitrogens with zero attached hydrogens (tertiary/aromatic N) is 1. The van der Waals surface area contributed by atoms with Crippen molar-refractivity contribution in [1.82, 2.24) is 4.90 Å². The first kappa shape index (κ1) is 18.4. The summed E-state index contributed by atoms with van der Waals surface area (Å²) in [6, 6.07) is 0.735. The van der Waals surface area contributed by atoms with E-state index in [1.54, 1.807) is 6.92 Å². The molecule has 124 valence electrons. The summed E-state index contributed by atoms with van der Waals surface area (Å²) >= 11 is 0. The van der Waals surface area contributed by atoms with Crippen LogP contribution in [0.4, 0.5) is 0 Å². The standard InChI is InChI=1S/C17H34N2O2/c1-5-21-16(20)17(4,18)11-8-12-19(13-14(2)3)15-9-6-7-10-15/h14-15H,5-13,18H2,1-4H3. The minimum atomic E-state index is -0.852. The second-order valence-electron chi connectivity index (χ2n) is 7.07. The van der Waals surface area contributed by atoms with E-state index in [0.29, 0.717) is 18.9 Å². The summed E-state index contributed by atoms with van der Waals surface area (Å²) in [6.07, 6.45) is 7.00. The normalized spacial score (nSPS) is 19.2. The molecule has 0 spiro atoms. The van der Waals surface area contributed by atoms with E-state index in [9.17, 15) is 4.79 Å². The fourth-order valence-electron chi connectivity index (χ4n) is 3.21. The Bertz CT molecular complexity index is 310. The molecule has 1 fully saturated rings. The topological polar surface area (TPSA) is 55.6 Å². The molecule has 0 heterocycles. The van der Waals surface area contributed by atoms with Gasteiger partial charge in [0, 0.05) is 12.6 Å². The minimum absolute atomic E-state index is 0.277. The van der Waals surface area contributed by atoms with Crippen LogP contribution < -0.4 is 5.73 Å². The number of esters is 1. The van der Waals surface area contributed by atoms with Crippen LogP contribution in [0.15, 0.2) is 0 Å². The average Bonchev–Trinajstić information content (AvgIpc) is 2.91. The van der Waals surface area contributed by atoms with Gasteiger partial charge in [0.1, 0.15) is 5.54 Å². The van der Waals surface area contributed by atoms with Crippen LogP contribution in [-0.4, -0.2) is 42.1 Å². The predicted octanol–water partition coefficient (Wildman–Crippen LogP) is 2.95. The summed E-state index contributed by atoms with van der Waals surface area (Å²) in [7, 11) is 0. The van der Waals surface area contributed by atoms with Gasteiger partial charge in [0.25, 0.3) is 0 Å². The highest BCUT2D eigenvalue weighted by atomic mass is 16.5. The highest BCUT2D eigenvalue weighted by molar-refractivity contribution is 5.79. The summed E-state index contributed by atoms with van der Waals surface area (Å²) in [5.41, 5.74) is 5.24. The monoisotopic (exact) mass is 298 g/mol. The van der Waals surface area contributed by atoms with Gasteiger partial charge in [-0.3, -0.25) is 4.79 Å². The molecule has 1 rings (SSSR count). The molecule has 0 amide bonds. The Kier molecular flexibility index (Phi) is 7.67. The van der Waals surface area contributed by atoms with E-state index in [1.165, 1.54) is 25.7 Å². The van der Waals surface area contributed by atoms with Crippen molar-refractivity contribution in [1.29, 1.82) is 0 Å². The Balaban J connectivity index is 2.43. The second-order valence-corrected chi connectivity index (χ2v) is 7.07. The van der Waals surface area contributed by atoms with Gasteiger partial charge in [-0.1, -0.05) is 26.7 Å². The van der Waals surface area contributed by atoms with Crippen LogP contribution >= 0.6 is 0 Å². The second kappa shape index (κ2) is 8.74. The lowest BCUT2D eigenvalue weighted by molar-refractivity contribution is -0.149. The van der Waals surface area contributed by atoms with Crippen LogP contribution in [0.3, 0.4) is 0 Å². The molecule has 0 aliphatic heterocycles. The maximum atomic E-state index is 11.8. The van der Waals surface area contributed by atoms with Crippen molar-refractivity contribution in [3.05, 3.63) is 0 Å². The third kappa shape index (κ3) is 6.35. The van der Waals surface area contributed by atoms with E-state index >= 15 is 0 Å². The number of carbonyl (C=O) groups is 1. The molecule has 1 aliphatic carbocycles. The Morgan fingerprint density at radius 2 is 2.00 bits per heavy atom. The maximum Gasteiger partial charge on any atom is 0.325 e. The lowest BCUT2D eigenvalue weighted by atomic mass is 9.97. The van der Waals surface area contributed by atoms with Gasteiger partial charge in [-0.15, -0.1) is 0 Å². The summed E-state index contributed by atoms with van der Waals surface area (Å²) < 4.78 is 5.05. The maximum absolute atomic E-state index is 11.8. The van der Waals surface area contributed by atoms with Crippen molar-refractivity contribution in [2.75, 3.05) is 19.7 Å². The summed E-state index contributed by atoms with van der Waals surface area (Å²) in [5.74, 6) is 0.404. The quantitative estimate of drug-likeness (QED) is 0.665. The average molecular weight is 298 g/mol. The van der Waals surface area contributed by atoms with Crippen molar-refractivity contribution in [2.45, 2.75) is 77.8 Å². The van der Waals surface area contributed by atoms with Crippen molar-refractivity contribution < 1.29 is 9.53 Å². The van der Waals surface area contributed by atoms with E-state index in [4.69, 9.17) is 10.5 Å². The zero-order valence-corrected chi connectivity index (χ0v) is 14.4. The molecule has 1 aliphatic rings. The molecule has 2 N–H and O–H groups in total. The zero-order valence-electron chi connectivity index (χ0n) is 14.4. The molecule has 0 aromatic carbocycles. The number of hydrogen-bond acceptors (Lipinski definition) is 4. The van der Waals surface area contributed by atoms with Crippen LogP contribution in [-0.2, 0) is 9.53 Å². The highest BCUT2D eigenvalue weighted by Gasteiger charge is 2.30. The van der Waals surface area contributed by atoms with Gasteiger partial charge in [-0.25, -0.2) is 0 Å². The first-order chi connectivity index (χ1) is 9.86. The Morgan fingerprint density at radius 3 is 2.52 bits per heavy atom. The molecular formula is C17H34N2O2. The van der Waals surface area contributed by atoms with Crippen LogP contribution in [0.25, 0.3) is 0 Å². The SMILES string of the molecule is CCOC(=O)C(C)(N)CCCN(CC(C)C)C1CCCC1. The van der Waals surface area contributed by atoms with Gasteiger partial charge in [0.15, 0.2) is 0 Å². The number of rotatable bonds is 9. The number of carbonyl (C=O) groups excluding carboxylic acids is 1. The Hall–Kier alpha value is -0.610. The molecule has 0 bridgehead atoms. The lowest BCUT2D eigenvalue weighted by Gasteiger charge is -2.31. The molecular weight excluding hydrogens is 264 g/mol. The van der Waals surface area contributed by atoms with Gasteiger partial charge in [-0.2, -0.15) is 0 Å². The lowest BCUT2D eigenvalue weighted by Crippen LogP contribution is -2.47. The highest BCUT2D eigenvalue weighted by Crippen LogP contribution is 2.25. The third-order valence-electron chi connectivity index (χ3n) is 4.32. The van der Waals surface area contributed by atoms with E-state index in [1.807, 2.05) is 6.92 Å². The molecule has 1 unspecified atom stereocenters. The van der Waals surface area contributed by atoms with Gasteiger partial charge < -0.3 is 15.4 Å². The van der Waals surface area contributed by atoms with Crippen LogP contribution in [0, 0.1) is 5.92 Å². The molecule has 0 aromatic rings. The van der Waals surface area contributed by atoms with Gasteiger partial charge >= 0.3 is 5.97 Å². The van der Waals surface area contributed by atoms with Crippen LogP contribution in [0.2, 0.25) is 0 Å². The number of ether oxygens (including phenoxy) is 1. The van der Waals surface area contributed by atoms with Crippen molar-refractivity contribution in [2.24, 2.45) is 11.7 Å². The molecule has 21 heavy (non-hydrogen) atoms. The summed E-state index contributed by atoms with van der Waals surface area (Å²) in [4.78, 5) is 14.4. The fraction of sp³-hybridized carbons (Fsp3) is 0.941. The van der Waals surface area contributed by atoms with Crippen LogP contribution in [0.5, 0.6) is 0 Å². The Labute approximate surface area is 130 Å². The third-order valence-corrected chi connectivity index (χ3v) is 4.32. The van der Waals surface area contributed by atoms with Gasteiger partial charge in [0.2, 0.25) is 0 Å². The smallest absolute Gasteiger partial charge is 0.325 e. The number of hydrogen-bond donors (Lipinski definition) is 1. The van der Waals surface area contributed by atoms with Crippen molar-refractivity contribution in [3.63, 3.8) is 0 Å². The molecule has 4 nitrogen and oxygen atoms in total. The molecule has 0 aromatic heterocycles. The zero-order chi connectivity index (χ0) is 15.9. The number of nitrogens with two attached hydrogens (primary N) is 1. The summed E-state index contributed by atoms with van der Waals surface area (Å²) in [5, 5.41) is 0. The molecule has 1 saturated carbocycles. The fourth-order valence-corrected chi connectivity index (χ4v) is 3.21. The minimum Gasteiger partial charge on any atom is -0.465 e. The van der Waals surface area contributed by atoms with E-state index < -0.39 is 5.54 Å². The first-order valence-corrected chi connectivity index (χ1v) is 8.57.